The fourth-order valence-electron chi connectivity index (χ4n) is 1.68. The first kappa shape index (κ1) is 17.0. The number of carbonyl (C=O) groups excluding carboxylic acids is 1. The van der Waals surface area contributed by atoms with Crippen LogP contribution in [0, 0.1) is 0 Å². The summed E-state index contributed by atoms with van der Waals surface area (Å²) in [6.07, 6.45) is -0.176. The zero-order valence-electron chi connectivity index (χ0n) is 11.8. The molecule has 0 saturated heterocycles. The third kappa shape index (κ3) is 4.45. The number of rotatable bonds is 7. The molecule has 0 heterocycles. The van der Waals surface area contributed by atoms with Crippen molar-refractivity contribution in [3.8, 4) is 5.75 Å². The number of ether oxygens (including phenoxy) is 1. The van der Waals surface area contributed by atoms with Crippen molar-refractivity contribution < 1.29 is 27.9 Å². The first-order valence-electron chi connectivity index (χ1n) is 6.22. The van der Waals surface area contributed by atoms with Crippen molar-refractivity contribution in [2.24, 2.45) is 0 Å². The van der Waals surface area contributed by atoms with Crippen molar-refractivity contribution in [1.82, 2.24) is 5.32 Å². The van der Waals surface area contributed by atoms with E-state index >= 15 is 0 Å². The van der Waals surface area contributed by atoms with Crippen LogP contribution in [0.4, 0.5) is 0 Å². The zero-order valence-corrected chi connectivity index (χ0v) is 12.6. The fourth-order valence-corrected chi connectivity index (χ4v) is 2.94. The van der Waals surface area contributed by atoms with Gasteiger partial charge in [0.2, 0.25) is 5.91 Å². The maximum absolute atomic E-state index is 12.1. The van der Waals surface area contributed by atoms with E-state index in [4.69, 9.17) is 9.84 Å². The van der Waals surface area contributed by atoms with Crippen LogP contribution >= 0.6 is 0 Å². The van der Waals surface area contributed by atoms with E-state index in [9.17, 15) is 18.0 Å². The lowest BCUT2D eigenvalue weighted by Crippen LogP contribution is -2.25. The van der Waals surface area contributed by atoms with Gasteiger partial charge in [-0.2, -0.15) is 0 Å². The monoisotopic (exact) mass is 315 g/mol. The molecule has 116 valence electrons. The van der Waals surface area contributed by atoms with Crippen LogP contribution < -0.4 is 10.1 Å². The summed E-state index contributed by atoms with van der Waals surface area (Å²) in [5.41, 5.74) is -0.239. The van der Waals surface area contributed by atoms with Gasteiger partial charge in [-0.15, -0.1) is 0 Å². The summed E-state index contributed by atoms with van der Waals surface area (Å²) in [6.45, 7) is 2.15. The molecule has 0 aromatic heterocycles. The molecule has 0 aliphatic rings. The molecular weight excluding hydrogens is 298 g/mol. The average molecular weight is 315 g/mol. The van der Waals surface area contributed by atoms with Gasteiger partial charge in [0.1, 0.15) is 11.3 Å². The lowest BCUT2D eigenvalue weighted by atomic mass is 10.2. The Balaban J connectivity index is 3.01. The van der Waals surface area contributed by atoms with Gasteiger partial charge < -0.3 is 15.2 Å². The van der Waals surface area contributed by atoms with Gasteiger partial charge in [0.25, 0.3) is 0 Å². The molecule has 1 aromatic carbocycles. The molecule has 1 amide bonds. The van der Waals surface area contributed by atoms with Crippen LogP contribution in [0.3, 0.4) is 0 Å². The van der Waals surface area contributed by atoms with E-state index in [2.05, 4.69) is 5.32 Å². The molecule has 1 rings (SSSR count). The third-order valence-corrected chi connectivity index (χ3v) is 4.45. The van der Waals surface area contributed by atoms with Crippen molar-refractivity contribution >= 4 is 21.7 Å². The van der Waals surface area contributed by atoms with Crippen molar-refractivity contribution in [2.75, 3.05) is 19.4 Å². The summed E-state index contributed by atoms with van der Waals surface area (Å²) < 4.78 is 29.1. The van der Waals surface area contributed by atoms with Gasteiger partial charge in [-0.25, -0.2) is 13.2 Å². The predicted octanol–water partition coefficient (Wildman–Crippen LogP) is 0.693. The van der Waals surface area contributed by atoms with Crippen LogP contribution in [0.5, 0.6) is 5.75 Å². The van der Waals surface area contributed by atoms with Gasteiger partial charge in [0, 0.05) is 13.0 Å². The number of methoxy groups -OCH3 is 1. The number of nitrogens with one attached hydrogen (secondary N) is 1. The molecule has 0 radical (unpaired) electrons. The first-order chi connectivity index (χ1) is 9.81. The molecule has 0 unspecified atom stereocenters. The molecule has 21 heavy (non-hydrogen) atoms. The summed E-state index contributed by atoms with van der Waals surface area (Å²) in [5.74, 6) is -1.96. The van der Waals surface area contributed by atoms with Gasteiger partial charge in [0.05, 0.1) is 17.8 Å². The molecule has 1 aromatic rings. The largest absolute Gasteiger partial charge is 0.496 e. The molecule has 0 aliphatic carbocycles. The van der Waals surface area contributed by atoms with E-state index in [1.807, 2.05) is 0 Å². The highest BCUT2D eigenvalue weighted by Gasteiger charge is 2.20. The van der Waals surface area contributed by atoms with E-state index in [1.165, 1.54) is 19.2 Å². The van der Waals surface area contributed by atoms with E-state index < -0.39 is 15.8 Å². The molecule has 0 fully saturated rings. The fraction of sp³-hybridized carbons (Fsp3) is 0.385. The Morgan fingerprint density at radius 1 is 1.33 bits per heavy atom. The van der Waals surface area contributed by atoms with Crippen LogP contribution in [0.2, 0.25) is 0 Å². The Kier molecular flexibility index (Phi) is 5.71. The summed E-state index contributed by atoms with van der Waals surface area (Å²) in [5, 5.41) is 11.5. The van der Waals surface area contributed by atoms with E-state index in [0.29, 0.717) is 6.54 Å². The number of sulfone groups is 1. The predicted molar refractivity (Wildman–Crippen MR) is 75.3 cm³/mol. The van der Waals surface area contributed by atoms with E-state index in [0.717, 1.165) is 6.07 Å². The zero-order chi connectivity index (χ0) is 16.0. The number of hydrogen-bond acceptors (Lipinski definition) is 5. The Morgan fingerprint density at radius 3 is 2.52 bits per heavy atom. The Bertz CT molecular complexity index is 638. The molecule has 0 bridgehead atoms. The smallest absolute Gasteiger partial charge is 0.339 e. The highest BCUT2D eigenvalue weighted by molar-refractivity contribution is 7.91. The van der Waals surface area contributed by atoms with Gasteiger partial charge in [0.15, 0.2) is 9.84 Å². The number of aromatic carboxylic acids is 1. The van der Waals surface area contributed by atoms with Crippen LogP contribution in [-0.2, 0) is 14.6 Å². The van der Waals surface area contributed by atoms with Crippen molar-refractivity contribution in [3.05, 3.63) is 23.8 Å². The summed E-state index contributed by atoms with van der Waals surface area (Å²) in [4.78, 5) is 22.2. The van der Waals surface area contributed by atoms with Crippen molar-refractivity contribution in [3.63, 3.8) is 0 Å². The second-order valence-electron chi connectivity index (χ2n) is 4.19. The maximum atomic E-state index is 12.1. The topological polar surface area (TPSA) is 110 Å². The van der Waals surface area contributed by atoms with E-state index in [-0.39, 0.29) is 34.3 Å². The third-order valence-electron chi connectivity index (χ3n) is 2.73. The van der Waals surface area contributed by atoms with Crippen molar-refractivity contribution in [2.45, 2.75) is 18.2 Å². The second-order valence-corrected chi connectivity index (χ2v) is 6.30. The summed E-state index contributed by atoms with van der Waals surface area (Å²) in [6, 6.07) is 3.58. The Labute approximate surface area is 122 Å². The number of benzene rings is 1. The van der Waals surface area contributed by atoms with Gasteiger partial charge in [-0.3, -0.25) is 4.79 Å². The van der Waals surface area contributed by atoms with Crippen molar-refractivity contribution in [1.29, 1.82) is 0 Å². The molecule has 0 saturated carbocycles. The molecule has 0 spiro atoms. The maximum Gasteiger partial charge on any atom is 0.339 e. The number of carboxylic acid groups (broad SMARTS) is 1. The number of amides is 1. The quantitative estimate of drug-likeness (QED) is 0.766. The van der Waals surface area contributed by atoms with Gasteiger partial charge in [-0.1, -0.05) is 0 Å². The summed E-state index contributed by atoms with van der Waals surface area (Å²) >= 11 is 0. The van der Waals surface area contributed by atoms with Gasteiger partial charge in [-0.05, 0) is 25.1 Å². The van der Waals surface area contributed by atoms with Gasteiger partial charge >= 0.3 is 5.97 Å². The highest BCUT2D eigenvalue weighted by Crippen LogP contribution is 2.23. The second kappa shape index (κ2) is 7.07. The number of hydrogen-bond donors (Lipinski definition) is 2. The number of carboxylic acids is 1. The van der Waals surface area contributed by atoms with E-state index in [1.54, 1.807) is 6.92 Å². The lowest BCUT2D eigenvalue weighted by Gasteiger charge is -2.09. The highest BCUT2D eigenvalue weighted by atomic mass is 32.2. The molecule has 0 atom stereocenters. The molecule has 0 aliphatic heterocycles. The SMILES string of the molecule is CCNC(=O)CCS(=O)(=O)c1ccc(OC)c(C(=O)O)c1. The number of carbonyl (C=O) groups is 2. The first-order valence-corrected chi connectivity index (χ1v) is 7.87. The van der Waals surface area contributed by atoms with Crippen LogP contribution in [0.25, 0.3) is 0 Å². The molecule has 8 heteroatoms. The Morgan fingerprint density at radius 2 is 2.00 bits per heavy atom. The minimum absolute atomic E-state index is 0.0742. The molecular formula is C13H17NO6S. The lowest BCUT2D eigenvalue weighted by molar-refractivity contribution is -0.120. The standard InChI is InChI=1S/C13H17NO6S/c1-3-14-12(15)6-7-21(18,19)9-4-5-11(20-2)10(8-9)13(16)17/h4-5,8H,3,6-7H2,1-2H3,(H,14,15)(H,16,17). The van der Waals surface area contributed by atoms with Crippen LogP contribution in [0.15, 0.2) is 23.1 Å². The molecule has 7 nitrogen and oxygen atoms in total. The summed E-state index contributed by atoms with van der Waals surface area (Å²) in [7, 11) is -2.44. The average Bonchev–Trinajstić information content (AvgIpc) is 2.44. The normalized spacial score (nSPS) is 11.0. The van der Waals surface area contributed by atoms with Crippen LogP contribution in [-0.4, -0.2) is 44.8 Å². The van der Waals surface area contributed by atoms with Crippen LogP contribution in [0.1, 0.15) is 23.7 Å². The minimum Gasteiger partial charge on any atom is -0.496 e. The minimum atomic E-state index is -3.73. The Hall–Kier alpha value is -2.09. The molecule has 2 N–H and O–H groups in total.